The number of phenols is 1. The van der Waals surface area contributed by atoms with E-state index in [1.165, 1.54) is 0 Å². The zero-order valence-corrected chi connectivity index (χ0v) is 8.36. The van der Waals surface area contributed by atoms with Crippen LogP contribution < -0.4 is 0 Å². The smallest absolute Gasteiger partial charge is 0.118 e. The summed E-state index contributed by atoms with van der Waals surface area (Å²) < 4.78 is 0. The number of nitrogens with zero attached hydrogens (tertiary/aromatic N) is 3. The molecule has 74 valence electrons. The molecule has 14 heavy (non-hydrogen) atoms. The fourth-order valence-corrected chi connectivity index (χ4v) is 1.35. The van der Waals surface area contributed by atoms with E-state index in [0.717, 1.165) is 23.1 Å². The summed E-state index contributed by atoms with van der Waals surface area (Å²) in [6.07, 6.45) is 0.719. The first-order valence-electron chi connectivity index (χ1n) is 4.45. The Morgan fingerprint density at radius 3 is 2.71 bits per heavy atom. The molecule has 0 amide bonds. The van der Waals surface area contributed by atoms with Crippen molar-refractivity contribution in [3.8, 4) is 5.75 Å². The van der Waals surface area contributed by atoms with Gasteiger partial charge in [0.15, 0.2) is 0 Å². The van der Waals surface area contributed by atoms with Gasteiger partial charge in [0.2, 0.25) is 0 Å². The Morgan fingerprint density at radius 1 is 1.36 bits per heavy atom. The lowest BCUT2D eigenvalue weighted by atomic mass is 10.0. The Morgan fingerprint density at radius 2 is 2.07 bits per heavy atom. The van der Waals surface area contributed by atoms with Crippen LogP contribution in [0.25, 0.3) is 10.4 Å². The van der Waals surface area contributed by atoms with Crippen molar-refractivity contribution >= 4 is 0 Å². The highest BCUT2D eigenvalue weighted by Gasteiger charge is 2.02. The molecule has 0 fully saturated rings. The van der Waals surface area contributed by atoms with E-state index in [2.05, 4.69) is 10.0 Å². The van der Waals surface area contributed by atoms with E-state index >= 15 is 0 Å². The molecule has 1 aromatic rings. The monoisotopic (exact) mass is 191 g/mol. The third-order valence-corrected chi connectivity index (χ3v) is 2.20. The van der Waals surface area contributed by atoms with Crippen LogP contribution in [0.2, 0.25) is 0 Å². The van der Waals surface area contributed by atoms with Crippen LogP contribution >= 0.6 is 0 Å². The lowest BCUT2D eigenvalue weighted by Crippen LogP contribution is -1.93. The lowest BCUT2D eigenvalue weighted by molar-refractivity contribution is 0.470. The Balaban J connectivity index is 2.86. The zero-order chi connectivity index (χ0) is 10.6. The number of hydrogen-bond acceptors (Lipinski definition) is 2. The summed E-state index contributed by atoms with van der Waals surface area (Å²) in [4.78, 5) is 2.70. The van der Waals surface area contributed by atoms with Crippen LogP contribution in [0.1, 0.15) is 16.7 Å². The molecule has 4 nitrogen and oxygen atoms in total. The van der Waals surface area contributed by atoms with Crippen molar-refractivity contribution < 1.29 is 5.11 Å². The molecule has 1 rings (SSSR count). The molecule has 0 aliphatic rings. The van der Waals surface area contributed by atoms with Gasteiger partial charge < -0.3 is 5.11 Å². The number of aryl methyl sites for hydroxylation is 2. The molecule has 0 spiro atoms. The number of phenolic OH excluding ortho intramolecular Hbond substituents is 1. The van der Waals surface area contributed by atoms with E-state index < -0.39 is 0 Å². The van der Waals surface area contributed by atoms with E-state index in [9.17, 15) is 5.11 Å². The molecule has 0 saturated carbocycles. The molecule has 4 heteroatoms. The summed E-state index contributed by atoms with van der Waals surface area (Å²) in [5.74, 6) is 0.315. The van der Waals surface area contributed by atoms with Gasteiger partial charge in [0.05, 0.1) is 0 Å². The van der Waals surface area contributed by atoms with E-state index in [1.54, 1.807) is 6.07 Å². The number of benzene rings is 1. The molecule has 0 radical (unpaired) electrons. The first-order chi connectivity index (χ1) is 6.65. The van der Waals surface area contributed by atoms with Crippen molar-refractivity contribution in [2.45, 2.75) is 20.3 Å². The quantitative estimate of drug-likeness (QED) is 0.445. The highest BCUT2D eigenvalue weighted by molar-refractivity contribution is 5.40. The van der Waals surface area contributed by atoms with E-state index in [0.29, 0.717) is 12.3 Å². The van der Waals surface area contributed by atoms with Gasteiger partial charge in [0.1, 0.15) is 5.75 Å². The highest BCUT2D eigenvalue weighted by atomic mass is 16.3. The first-order valence-corrected chi connectivity index (χ1v) is 4.45. The maximum absolute atomic E-state index is 9.41. The average molecular weight is 191 g/mol. The molecule has 0 aromatic heterocycles. The third-order valence-electron chi connectivity index (χ3n) is 2.20. The van der Waals surface area contributed by atoms with Crippen molar-refractivity contribution in [1.82, 2.24) is 0 Å². The zero-order valence-electron chi connectivity index (χ0n) is 8.36. The SMILES string of the molecule is Cc1cc(CCN=[N+]=[N-])c(C)cc1O. The van der Waals surface area contributed by atoms with Crippen molar-refractivity contribution in [2.24, 2.45) is 5.11 Å². The number of rotatable bonds is 3. The first kappa shape index (κ1) is 10.4. The molecular formula is C10H13N3O. The maximum Gasteiger partial charge on any atom is 0.118 e. The molecule has 0 saturated heterocycles. The summed E-state index contributed by atoms with van der Waals surface area (Å²) in [6.45, 7) is 4.25. The Hall–Kier alpha value is -1.67. The van der Waals surface area contributed by atoms with E-state index in [4.69, 9.17) is 5.53 Å². The fraction of sp³-hybridized carbons (Fsp3) is 0.400. The van der Waals surface area contributed by atoms with Crippen molar-refractivity contribution in [3.05, 3.63) is 39.3 Å². The van der Waals surface area contributed by atoms with Crippen LogP contribution in [0.3, 0.4) is 0 Å². The second-order valence-electron chi connectivity index (χ2n) is 3.27. The van der Waals surface area contributed by atoms with Gasteiger partial charge in [-0.2, -0.15) is 0 Å². The second-order valence-corrected chi connectivity index (χ2v) is 3.27. The summed E-state index contributed by atoms with van der Waals surface area (Å²) >= 11 is 0. The van der Waals surface area contributed by atoms with Crippen LogP contribution in [0, 0.1) is 13.8 Å². The van der Waals surface area contributed by atoms with Gasteiger partial charge in [-0.1, -0.05) is 11.2 Å². The maximum atomic E-state index is 9.41. The van der Waals surface area contributed by atoms with Crippen LogP contribution in [0.5, 0.6) is 5.75 Å². The van der Waals surface area contributed by atoms with Gasteiger partial charge in [-0.25, -0.2) is 0 Å². The third kappa shape index (κ3) is 2.41. The fourth-order valence-electron chi connectivity index (χ4n) is 1.35. The Kier molecular flexibility index (Phi) is 3.37. The normalized spacial score (nSPS) is 9.57. The predicted octanol–water partition coefficient (Wildman–Crippen LogP) is 2.86. The summed E-state index contributed by atoms with van der Waals surface area (Å²) in [7, 11) is 0. The summed E-state index contributed by atoms with van der Waals surface area (Å²) in [6, 6.07) is 3.66. The predicted molar refractivity (Wildman–Crippen MR) is 55.3 cm³/mol. The summed E-state index contributed by atoms with van der Waals surface area (Å²) in [5, 5.41) is 12.9. The molecule has 0 heterocycles. The van der Waals surface area contributed by atoms with Gasteiger partial charge in [-0.05, 0) is 48.6 Å². The van der Waals surface area contributed by atoms with Crippen LogP contribution in [0.15, 0.2) is 17.2 Å². The van der Waals surface area contributed by atoms with E-state index in [-0.39, 0.29) is 0 Å². The molecule has 0 unspecified atom stereocenters. The molecule has 0 bridgehead atoms. The van der Waals surface area contributed by atoms with Crippen LogP contribution in [-0.4, -0.2) is 11.7 Å². The lowest BCUT2D eigenvalue weighted by Gasteiger charge is -2.07. The minimum atomic E-state index is 0.315. The van der Waals surface area contributed by atoms with Gasteiger partial charge in [0, 0.05) is 11.5 Å². The van der Waals surface area contributed by atoms with Gasteiger partial charge in [-0.3, -0.25) is 0 Å². The highest BCUT2D eigenvalue weighted by Crippen LogP contribution is 2.21. The second kappa shape index (κ2) is 4.53. The number of hydrogen-bond donors (Lipinski definition) is 1. The van der Waals surface area contributed by atoms with Gasteiger partial charge >= 0.3 is 0 Å². The largest absolute Gasteiger partial charge is 0.508 e. The molecule has 1 aromatic carbocycles. The van der Waals surface area contributed by atoms with Crippen molar-refractivity contribution in [1.29, 1.82) is 0 Å². The Bertz CT molecular complexity index is 381. The van der Waals surface area contributed by atoms with Gasteiger partial charge in [-0.15, -0.1) is 0 Å². The molecular weight excluding hydrogens is 178 g/mol. The molecule has 0 aliphatic carbocycles. The van der Waals surface area contributed by atoms with Crippen LogP contribution in [-0.2, 0) is 6.42 Å². The minimum Gasteiger partial charge on any atom is -0.508 e. The van der Waals surface area contributed by atoms with Gasteiger partial charge in [0.25, 0.3) is 0 Å². The standard InChI is InChI=1S/C10H13N3O/c1-7-6-10(14)8(2)5-9(7)3-4-12-13-11/h5-6,14H,3-4H2,1-2H3. The van der Waals surface area contributed by atoms with Crippen LogP contribution in [0.4, 0.5) is 0 Å². The Labute approximate surface area is 82.8 Å². The number of aromatic hydroxyl groups is 1. The number of azide groups is 1. The van der Waals surface area contributed by atoms with Crippen molar-refractivity contribution in [3.63, 3.8) is 0 Å². The molecule has 0 aliphatic heterocycles. The molecule has 0 atom stereocenters. The van der Waals surface area contributed by atoms with Crippen molar-refractivity contribution in [2.75, 3.05) is 6.54 Å². The van der Waals surface area contributed by atoms with E-state index in [1.807, 2.05) is 19.9 Å². The minimum absolute atomic E-state index is 0.315. The average Bonchev–Trinajstić information content (AvgIpc) is 2.14. The summed E-state index contributed by atoms with van der Waals surface area (Å²) in [5.41, 5.74) is 11.1. The topological polar surface area (TPSA) is 69.0 Å². The molecule has 1 N–H and O–H groups in total.